The van der Waals surface area contributed by atoms with Crippen LogP contribution >= 0.6 is 0 Å². The van der Waals surface area contributed by atoms with E-state index in [-0.39, 0.29) is 11.8 Å². The van der Waals surface area contributed by atoms with Gasteiger partial charge in [0, 0.05) is 19.5 Å². The van der Waals surface area contributed by atoms with Crippen LogP contribution < -0.4 is 0 Å². The molecular formula is C17H21NO3. The Morgan fingerprint density at radius 2 is 1.95 bits per heavy atom. The molecule has 4 atom stereocenters. The molecule has 0 spiro atoms. The second-order valence-corrected chi connectivity index (χ2v) is 6.44. The van der Waals surface area contributed by atoms with Crippen LogP contribution in [0.2, 0.25) is 0 Å². The number of rotatable bonds is 4. The van der Waals surface area contributed by atoms with Gasteiger partial charge in [0.2, 0.25) is 5.91 Å². The van der Waals surface area contributed by atoms with Crippen LogP contribution in [0.15, 0.2) is 30.3 Å². The molecule has 1 saturated heterocycles. The first-order valence-electron chi connectivity index (χ1n) is 7.61. The predicted octanol–water partition coefficient (Wildman–Crippen LogP) is 2.36. The molecule has 1 amide bonds. The molecule has 1 aromatic carbocycles. The molecule has 1 aliphatic carbocycles. The second kappa shape index (κ2) is 5.51. The van der Waals surface area contributed by atoms with E-state index in [1.807, 2.05) is 25.1 Å². The van der Waals surface area contributed by atoms with Gasteiger partial charge in [0.05, 0.1) is 5.92 Å². The summed E-state index contributed by atoms with van der Waals surface area (Å²) in [6.07, 6.45) is 1.63. The van der Waals surface area contributed by atoms with Crippen molar-refractivity contribution in [3.8, 4) is 0 Å². The van der Waals surface area contributed by atoms with Gasteiger partial charge in [-0.1, -0.05) is 37.3 Å². The molecule has 0 unspecified atom stereocenters. The van der Waals surface area contributed by atoms with E-state index < -0.39 is 11.9 Å². The minimum atomic E-state index is -0.786. The van der Waals surface area contributed by atoms with Crippen LogP contribution in [0.3, 0.4) is 0 Å². The topological polar surface area (TPSA) is 57.6 Å². The van der Waals surface area contributed by atoms with E-state index in [4.69, 9.17) is 5.11 Å². The molecule has 2 aliphatic rings. The molecule has 3 rings (SSSR count). The highest BCUT2D eigenvalue weighted by Crippen LogP contribution is 2.49. The first-order valence-corrected chi connectivity index (χ1v) is 7.61. The van der Waals surface area contributed by atoms with Crippen LogP contribution in [-0.4, -0.2) is 35.0 Å². The fraction of sp³-hybridized carbons (Fsp3) is 0.529. The minimum absolute atomic E-state index is 0.0515. The summed E-state index contributed by atoms with van der Waals surface area (Å²) < 4.78 is 0. The van der Waals surface area contributed by atoms with Crippen LogP contribution in [0.4, 0.5) is 0 Å². The molecule has 2 fully saturated rings. The lowest BCUT2D eigenvalue weighted by molar-refractivity contribution is -0.142. The number of carboxylic acid groups (broad SMARTS) is 1. The number of carboxylic acids is 1. The number of likely N-dealkylation sites (tertiary alicyclic amines) is 1. The molecule has 1 aromatic rings. The van der Waals surface area contributed by atoms with Crippen LogP contribution in [0.1, 0.15) is 31.2 Å². The molecule has 1 heterocycles. The molecule has 0 radical (unpaired) electrons. The Kier molecular flexibility index (Phi) is 3.70. The largest absolute Gasteiger partial charge is 0.481 e. The van der Waals surface area contributed by atoms with Crippen molar-refractivity contribution >= 4 is 11.9 Å². The third-order valence-electron chi connectivity index (χ3n) is 4.87. The maximum atomic E-state index is 12.3. The van der Waals surface area contributed by atoms with Crippen LogP contribution in [0, 0.1) is 17.8 Å². The number of hydrogen-bond acceptors (Lipinski definition) is 2. The van der Waals surface area contributed by atoms with Gasteiger partial charge in [-0.2, -0.15) is 0 Å². The maximum absolute atomic E-state index is 12.3. The SMILES string of the molecule is C[C@@H]1CN(C(=O)C[C@@H]2C[C@H]2c2ccccc2)C[C@H]1C(=O)O. The Labute approximate surface area is 124 Å². The quantitative estimate of drug-likeness (QED) is 0.925. The summed E-state index contributed by atoms with van der Waals surface area (Å²) in [5, 5.41) is 9.13. The van der Waals surface area contributed by atoms with E-state index in [9.17, 15) is 9.59 Å². The van der Waals surface area contributed by atoms with Gasteiger partial charge in [0.25, 0.3) is 0 Å². The van der Waals surface area contributed by atoms with E-state index in [1.165, 1.54) is 5.56 Å². The zero-order chi connectivity index (χ0) is 15.0. The Balaban J connectivity index is 1.53. The monoisotopic (exact) mass is 287 g/mol. The first kappa shape index (κ1) is 14.1. The van der Waals surface area contributed by atoms with E-state index in [0.29, 0.717) is 31.3 Å². The van der Waals surface area contributed by atoms with Gasteiger partial charge in [-0.05, 0) is 29.7 Å². The van der Waals surface area contributed by atoms with Crippen molar-refractivity contribution in [1.29, 1.82) is 0 Å². The van der Waals surface area contributed by atoms with Crippen molar-refractivity contribution in [3.05, 3.63) is 35.9 Å². The van der Waals surface area contributed by atoms with Crippen molar-refractivity contribution in [1.82, 2.24) is 4.90 Å². The molecule has 112 valence electrons. The average Bonchev–Trinajstić information content (AvgIpc) is 3.11. The summed E-state index contributed by atoms with van der Waals surface area (Å²) in [6.45, 7) is 2.87. The Morgan fingerprint density at radius 1 is 1.24 bits per heavy atom. The van der Waals surface area contributed by atoms with Crippen LogP contribution in [-0.2, 0) is 9.59 Å². The number of aliphatic carboxylic acids is 1. The highest BCUT2D eigenvalue weighted by Gasteiger charge is 2.42. The molecule has 0 bridgehead atoms. The molecule has 0 aromatic heterocycles. The average molecular weight is 287 g/mol. The molecule has 4 heteroatoms. The summed E-state index contributed by atoms with van der Waals surface area (Å²) in [6, 6.07) is 10.3. The second-order valence-electron chi connectivity index (χ2n) is 6.44. The van der Waals surface area contributed by atoms with Gasteiger partial charge in [0.15, 0.2) is 0 Å². The zero-order valence-corrected chi connectivity index (χ0v) is 12.2. The van der Waals surface area contributed by atoms with Crippen molar-refractivity contribution in [2.45, 2.75) is 25.7 Å². The lowest BCUT2D eigenvalue weighted by Gasteiger charge is -2.15. The zero-order valence-electron chi connectivity index (χ0n) is 12.2. The molecule has 21 heavy (non-hydrogen) atoms. The van der Waals surface area contributed by atoms with E-state index in [1.54, 1.807) is 4.90 Å². The van der Waals surface area contributed by atoms with Gasteiger partial charge in [-0.25, -0.2) is 0 Å². The van der Waals surface area contributed by atoms with Gasteiger partial charge in [0.1, 0.15) is 0 Å². The molecule has 4 nitrogen and oxygen atoms in total. The molecule has 1 N–H and O–H groups in total. The van der Waals surface area contributed by atoms with Gasteiger partial charge < -0.3 is 10.0 Å². The maximum Gasteiger partial charge on any atom is 0.308 e. The van der Waals surface area contributed by atoms with E-state index in [2.05, 4.69) is 12.1 Å². The van der Waals surface area contributed by atoms with Crippen LogP contribution in [0.5, 0.6) is 0 Å². The Hall–Kier alpha value is -1.84. The lowest BCUT2D eigenvalue weighted by atomic mass is 9.99. The molecule has 1 aliphatic heterocycles. The van der Waals surface area contributed by atoms with Crippen molar-refractivity contribution in [2.24, 2.45) is 17.8 Å². The van der Waals surface area contributed by atoms with Crippen molar-refractivity contribution < 1.29 is 14.7 Å². The number of benzene rings is 1. The van der Waals surface area contributed by atoms with Crippen LogP contribution in [0.25, 0.3) is 0 Å². The molecular weight excluding hydrogens is 266 g/mol. The summed E-state index contributed by atoms with van der Waals surface area (Å²) in [5.41, 5.74) is 1.31. The number of carbonyl (C=O) groups excluding carboxylic acids is 1. The standard InChI is InChI=1S/C17H21NO3/c1-11-9-18(10-15(11)17(20)21)16(19)8-13-7-14(13)12-5-3-2-4-6-12/h2-6,11,13-15H,7-10H2,1H3,(H,20,21)/t11-,13+,14+,15-/m1/s1. The van der Waals surface area contributed by atoms with Gasteiger partial charge in [-0.3, -0.25) is 9.59 Å². The smallest absolute Gasteiger partial charge is 0.308 e. The third kappa shape index (κ3) is 2.94. The normalized spacial score (nSPS) is 31.2. The van der Waals surface area contributed by atoms with E-state index in [0.717, 1.165) is 6.42 Å². The summed E-state index contributed by atoms with van der Waals surface area (Å²) in [5.74, 6) is -0.0846. The third-order valence-corrected chi connectivity index (χ3v) is 4.87. The highest BCUT2D eigenvalue weighted by molar-refractivity contribution is 5.79. The Bertz CT molecular complexity index is 542. The summed E-state index contributed by atoms with van der Waals surface area (Å²) >= 11 is 0. The summed E-state index contributed by atoms with van der Waals surface area (Å²) in [4.78, 5) is 25.2. The highest BCUT2D eigenvalue weighted by atomic mass is 16.4. The van der Waals surface area contributed by atoms with Gasteiger partial charge >= 0.3 is 5.97 Å². The van der Waals surface area contributed by atoms with Crippen molar-refractivity contribution in [3.63, 3.8) is 0 Å². The van der Waals surface area contributed by atoms with Gasteiger partial charge in [-0.15, -0.1) is 0 Å². The lowest BCUT2D eigenvalue weighted by Crippen LogP contribution is -2.30. The number of nitrogens with zero attached hydrogens (tertiary/aromatic N) is 1. The van der Waals surface area contributed by atoms with Crippen molar-refractivity contribution in [2.75, 3.05) is 13.1 Å². The number of carbonyl (C=O) groups is 2. The fourth-order valence-corrected chi connectivity index (χ4v) is 3.43. The molecule has 1 saturated carbocycles. The number of hydrogen-bond donors (Lipinski definition) is 1. The number of amides is 1. The fourth-order valence-electron chi connectivity index (χ4n) is 3.43. The Morgan fingerprint density at radius 3 is 2.57 bits per heavy atom. The predicted molar refractivity (Wildman–Crippen MR) is 78.8 cm³/mol. The first-order chi connectivity index (χ1) is 10.1. The van der Waals surface area contributed by atoms with E-state index >= 15 is 0 Å². The minimum Gasteiger partial charge on any atom is -0.481 e. The summed E-state index contributed by atoms with van der Waals surface area (Å²) in [7, 11) is 0.